The van der Waals surface area contributed by atoms with Gasteiger partial charge in [-0.05, 0) is 62.4 Å². The largest absolute Gasteiger partial charge is 0.494 e. The molecule has 6 nitrogen and oxygen atoms in total. The average Bonchev–Trinajstić information content (AvgIpc) is 3.08. The lowest BCUT2D eigenvalue weighted by atomic mass is 10.1. The zero-order valence-electron chi connectivity index (χ0n) is 18.2. The SMILES string of the molecule is CCOc1ccccc1CCCNC(=O)c1cccc(S(=O)(=O)N2CCCCCC2)c1. The Bertz CT molecular complexity index is 967. The molecule has 0 aliphatic carbocycles. The highest BCUT2D eigenvalue weighted by molar-refractivity contribution is 7.89. The second-order valence-electron chi connectivity index (χ2n) is 7.75. The van der Waals surface area contributed by atoms with E-state index in [0.717, 1.165) is 49.8 Å². The molecule has 1 aliphatic rings. The predicted molar refractivity (Wildman–Crippen MR) is 122 cm³/mol. The van der Waals surface area contributed by atoms with Gasteiger partial charge < -0.3 is 10.1 Å². The second kappa shape index (κ2) is 11.3. The quantitative estimate of drug-likeness (QED) is 0.593. The maximum atomic E-state index is 13.0. The van der Waals surface area contributed by atoms with E-state index in [9.17, 15) is 13.2 Å². The van der Waals surface area contributed by atoms with E-state index in [1.165, 1.54) is 6.07 Å². The Morgan fingerprint density at radius 1 is 1.03 bits per heavy atom. The number of benzene rings is 2. The lowest BCUT2D eigenvalue weighted by molar-refractivity contribution is 0.0953. The Hall–Kier alpha value is -2.38. The van der Waals surface area contributed by atoms with Crippen LogP contribution in [0.4, 0.5) is 0 Å². The molecule has 1 saturated heterocycles. The van der Waals surface area contributed by atoms with E-state index < -0.39 is 10.0 Å². The summed E-state index contributed by atoms with van der Waals surface area (Å²) in [7, 11) is -3.57. The number of carbonyl (C=O) groups excluding carboxylic acids is 1. The first kappa shape index (κ1) is 23.3. The van der Waals surface area contributed by atoms with Crippen LogP contribution in [0.2, 0.25) is 0 Å². The normalized spacial score (nSPS) is 15.3. The predicted octanol–water partition coefficient (Wildman–Crippen LogP) is 4.01. The van der Waals surface area contributed by atoms with Crippen molar-refractivity contribution in [3.05, 3.63) is 59.7 Å². The van der Waals surface area contributed by atoms with Crippen molar-refractivity contribution < 1.29 is 17.9 Å². The molecule has 0 atom stereocenters. The third kappa shape index (κ3) is 6.31. The fraction of sp³-hybridized carbons (Fsp3) is 0.458. The minimum Gasteiger partial charge on any atom is -0.494 e. The molecule has 1 N–H and O–H groups in total. The van der Waals surface area contributed by atoms with E-state index in [4.69, 9.17) is 4.74 Å². The fourth-order valence-corrected chi connectivity index (χ4v) is 5.38. The van der Waals surface area contributed by atoms with Crippen LogP contribution in [0.1, 0.15) is 54.9 Å². The molecule has 0 radical (unpaired) electrons. The molecular formula is C24H32N2O4S. The minimum atomic E-state index is -3.57. The summed E-state index contributed by atoms with van der Waals surface area (Å²) < 4.78 is 33.2. The van der Waals surface area contributed by atoms with Crippen LogP contribution in [-0.2, 0) is 16.4 Å². The van der Waals surface area contributed by atoms with Gasteiger partial charge in [-0.15, -0.1) is 0 Å². The van der Waals surface area contributed by atoms with Crippen molar-refractivity contribution in [3.8, 4) is 5.75 Å². The third-order valence-electron chi connectivity index (χ3n) is 5.48. The average molecular weight is 445 g/mol. The number of para-hydroxylation sites is 1. The van der Waals surface area contributed by atoms with Crippen molar-refractivity contribution in [1.29, 1.82) is 0 Å². The van der Waals surface area contributed by atoms with Crippen molar-refractivity contribution >= 4 is 15.9 Å². The van der Waals surface area contributed by atoms with Gasteiger partial charge in [-0.1, -0.05) is 37.1 Å². The van der Waals surface area contributed by atoms with Gasteiger partial charge in [0.1, 0.15) is 5.75 Å². The van der Waals surface area contributed by atoms with Crippen molar-refractivity contribution in [2.75, 3.05) is 26.2 Å². The summed E-state index contributed by atoms with van der Waals surface area (Å²) in [5.74, 6) is 0.619. The molecule has 1 fully saturated rings. The molecule has 168 valence electrons. The highest BCUT2D eigenvalue weighted by Crippen LogP contribution is 2.22. The monoisotopic (exact) mass is 444 g/mol. The Morgan fingerprint density at radius 3 is 2.52 bits per heavy atom. The van der Waals surface area contributed by atoms with Crippen molar-refractivity contribution in [1.82, 2.24) is 9.62 Å². The summed E-state index contributed by atoms with van der Waals surface area (Å²) in [6.07, 6.45) is 5.44. The van der Waals surface area contributed by atoms with Crippen LogP contribution in [0.25, 0.3) is 0 Å². The summed E-state index contributed by atoms with van der Waals surface area (Å²) in [5.41, 5.74) is 1.48. The summed E-state index contributed by atoms with van der Waals surface area (Å²) in [6.45, 7) is 4.16. The molecule has 1 heterocycles. The lowest BCUT2D eigenvalue weighted by Gasteiger charge is -2.20. The first-order chi connectivity index (χ1) is 15.0. The summed E-state index contributed by atoms with van der Waals surface area (Å²) >= 11 is 0. The van der Waals surface area contributed by atoms with Crippen molar-refractivity contribution in [2.24, 2.45) is 0 Å². The number of nitrogens with one attached hydrogen (secondary N) is 1. The van der Waals surface area contributed by atoms with Gasteiger partial charge in [0, 0.05) is 25.2 Å². The minimum absolute atomic E-state index is 0.188. The van der Waals surface area contributed by atoms with Crippen LogP contribution in [0, 0.1) is 0 Å². The fourth-order valence-electron chi connectivity index (χ4n) is 3.82. The number of carbonyl (C=O) groups is 1. The summed E-state index contributed by atoms with van der Waals surface area (Å²) in [4.78, 5) is 12.8. The van der Waals surface area contributed by atoms with Crippen molar-refractivity contribution in [3.63, 3.8) is 0 Å². The van der Waals surface area contributed by atoms with Crippen LogP contribution in [-0.4, -0.2) is 44.9 Å². The first-order valence-corrected chi connectivity index (χ1v) is 12.6. The first-order valence-electron chi connectivity index (χ1n) is 11.1. The molecule has 7 heteroatoms. The van der Waals surface area contributed by atoms with Crippen molar-refractivity contribution in [2.45, 2.75) is 50.3 Å². The van der Waals surface area contributed by atoms with Gasteiger partial charge in [-0.2, -0.15) is 4.31 Å². The third-order valence-corrected chi connectivity index (χ3v) is 7.37. The van der Waals surface area contributed by atoms with Gasteiger partial charge in [0.05, 0.1) is 11.5 Å². The molecule has 0 unspecified atom stereocenters. The lowest BCUT2D eigenvalue weighted by Crippen LogP contribution is -2.32. The van der Waals surface area contributed by atoms with Crippen LogP contribution < -0.4 is 10.1 Å². The second-order valence-corrected chi connectivity index (χ2v) is 9.68. The number of amides is 1. The summed E-state index contributed by atoms with van der Waals surface area (Å²) in [5, 5.41) is 2.90. The molecule has 1 amide bonds. The zero-order chi connectivity index (χ0) is 22.1. The standard InChI is InChI=1S/C24H32N2O4S/c1-2-30-23-15-6-5-11-20(23)13-10-16-25-24(27)21-12-9-14-22(19-21)31(28,29)26-17-7-3-4-8-18-26/h5-6,9,11-12,14-15,19H,2-4,7-8,10,13,16-18H2,1H3,(H,25,27). The van der Waals surface area contributed by atoms with Gasteiger partial charge in [0.2, 0.25) is 10.0 Å². The molecular weight excluding hydrogens is 412 g/mol. The molecule has 31 heavy (non-hydrogen) atoms. The molecule has 0 saturated carbocycles. The number of rotatable bonds is 9. The molecule has 3 rings (SSSR count). The van der Waals surface area contributed by atoms with Gasteiger partial charge >= 0.3 is 0 Å². The van der Waals surface area contributed by atoms with E-state index in [1.54, 1.807) is 22.5 Å². The number of sulfonamides is 1. The van der Waals surface area contributed by atoms with Crippen LogP contribution in [0.3, 0.4) is 0 Å². The van der Waals surface area contributed by atoms with Gasteiger partial charge in [0.25, 0.3) is 5.91 Å². The highest BCUT2D eigenvalue weighted by atomic mass is 32.2. The maximum Gasteiger partial charge on any atom is 0.251 e. The summed E-state index contributed by atoms with van der Waals surface area (Å²) in [6, 6.07) is 14.3. The van der Waals surface area contributed by atoms with Gasteiger partial charge in [0.15, 0.2) is 0 Å². The molecule has 0 aromatic heterocycles. The Labute approximate surface area is 185 Å². The molecule has 0 spiro atoms. The Morgan fingerprint density at radius 2 is 1.77 bits per heavy atom. The van der Waals surface area contributed by atoms with E-state index in [-0.39, 0.29) is 10.8 Å². The topological polar surface area (TPSA) is 75.7 Å². The van der Waals surface area contributed by atoms with Gasteiger partial charge in [-0.25, -0.2) is 8.42 Å². The smallest absolute Gasteiger partial charge is 0.251 e. The molecule has 2 aromatic carbocycles. The van der Waals surface area contributed by atoms with Crippen LogP contribution in [0.15, 0.2) is 53.4 Å². The van der Waals surface area contributed by atoms with Crippen LogP contribution >= 0.6 is 0 Å². The molecule has 2 aromatic rings. The highest BCUT2D eigenvalue weighted by Gasteiger charge is 2.25. The number of hydrogen-bond donors (Lipinski definition) is 1. The maximum absolute atomic E-state index is 13.0. The van der Waals surface area contributed by atoms with E-state index in [0.29, 0.717) is 31.8 Å². The van der Waals surface area contributed by atoms with E-state index >= 15 is 0 Å². The number of nitrogens with zero attached hydrogens (tertiary/aromatic N) is 1. The molecule has 1 aliphatic heterocycles. The number of hydrogen-bond acceptors (Lipinski definition) is 4. The van der Waals surface area contributed by atoms with Gasteiger partial charge in [-0.3, -0.25) is 4.79 Å². The molecule has 0 bridgehead atoms. The number of aryl methyl sites for hydroxylation is 1. The van der Waals surface area contributed by atoms with Crippen LogP contribution in [0.5, 0.6) is 5.75 Å². The Balaban J connectivity index is 1.58. The zero-order valence-corrected chi connectivity index (χ0v) is 19.0. The van der Waals surface area contributed by atoms with E-state index in [1.807, 2.05) is 31.2 Å². The number of ether oxygens (including phenoxy) is 1. The Kier molecular flexibility index (Phi) is 8.49. The van der Waals surface area contributed by atoms with E-state index in [2.05, 4.69) is 5.32 Å².